The van der Waals surface area contributed by atoms with E-state index in [1.807, 2.05) is 18.2 Å². The molecular weight excluding hydrogens is 270 g/mol. The van der Waals surface area contributed by atoms with Crippen molar-refractivity contribution in [2.24, 2.45) is 5.92 Å². The van der Waals surface area contributed by atoms with Gasteiger partial charge in [0.2, 0.25) is 5.91 Å². The number of aromatic nitrogens is 2. The molecule has 2 bridgehead atoms. The number of hydrogen-bond donors (Lipinski definition) is 1. The molecule has 0 saturated carbocycles. The number of H-pyrrole nitrogens is 1. The molecule has 21 heavy (non-hydrogen) atoms. The number of ether oxygens (including phenoxy) is 1. The average Bonchev–Trinajstić information content (AvgIpc) is 3.20. The number of carbonyl (C=O) groups is 2. The first kappa shape index (κ1) is 13.9. The minimum absolute atomic E-state index is 0.000460. The highest BCUT2D eigenvalue weighted by molar-refractivity contribution is 5.87. The van der Waals surface area contributed by atoms with E-state index in [0.717, 1.165) is 12.1 Å². The van der Waals surface area contributed by atoms with Crippen molar-refractivity contribution in [1.82, 2.24) is 15.1 Å². The van der Waals surface area contributed by atoms with Crippen molar-refractivity contribution in [2.75, 3.05) is 6.61 Å². The van der Waals surface area contributed by atoms with Gasteiger partial charge in [0.25, 0.3) is 0 Å². The molecule has 1 amide bonds. The van der Waals surface area contributed by atoms with Crippen molar-refractivity contribution in [2.45, 2.75) is 38.3 Å². The van der Waals surface area contributed by atoms with Crippen molar-refractivity contribution in [3.05, 3.63) is 30.1 Å². The Labute approximate surface area is 123 Å². The first-order valence-corrected chi connectivity index (χ1v) is 7.35. The number of likely N-dealkylation sites (tertiary alicyclic amines) is 1. The van der Waals surface area contributed by atoms with Crippen LogP contribution in [0.5, 0.6) is 0 Å². The van der Waals surface area contributed by atoms with E-state index in [4.69, 9.17) is 4.74 Å². The van der Waals surface area contributed by atoms with Crippen LogP contribution in [0, 0.1) is 5.92 Å². The maximum absolute atomic E-state index is 12.5. The fraction of sp³-hybridized carbons (Fsp3) is 0.533. The molecule has 1 aromatic rings. The fourth-order valence-corrected chi connectivity index (χ4v) is 3.21. The van der Waals surface area contributed by atoms with Crippen molar-refractivity contribution in [3.8, 4) is 0 Å². The minimum Gasteiger partial charge on any atom is -0.464 e. The zero-order valence-electron chi connectivity index (χ0n) is 12.0. The molecule has 0 radical (unpaired) electrons. The van der Waals surface area contributed by atoms with E-state index in [1.54, 1.807) is 18.0 Å². The topological polar surface area (TPSA) is 75.3 Å². The standard InChI is InChI=1S/C15H19N3O3/c1-2-21-15(20)14-10-3-5-12(9-10)18(14)13(19)6-4-11-7-8-16-17-11/h3,5,7-8,10,12,14H,2,4,6,9H2,1H3,(H,16,17). The quantitative estimate of drug-likeness (QED) is 0.649. The van der Waals surface area contributed by atoms with Crippen LogP contribution >= 0.6 is 0 Å². The van der Waals surface area contributed by atoms with Crippen molar-refractivity contribution < 1.29 is 14.3 Å². The number of nitrogens with zero attached hydrogens (tertiary/aromatic N) is 2. The molecule has 3 rings (SSSR count). The van der Waals surface area contributed by atoms with Crippen LogP contribution in [0.2, 0.25) is 0 Å². The second kappa shape index (κ2) is 5.71. The summed E-state index contributed by atoms with van der Waals surface area (Å²) in [5.74, 6) is -0.186. The smallest absolute Gasteiger partial charge is 0.329 e. The zero-order valence-corrected chi connectivity index (χ0v) is 12.0. The Bertz CT molecular complexity index is 553. The van der Waals surface area contributed by atoms with E-state index in [0.29, 0.717) is 19.4 Å². The molecule has 112 valence electrons. The van der Waals surface area contributed by atoms with E-state index in [9.17, 15) is 9.59 Å². The summed E-state index contributed by atoms with van der Waals surface area (Å²) in [5.41, 5.74) is 0.927. The molecule has 1 aliphatic carbocycles. The SMILES string of the molecule is CCOC(=O)C1C2C=CC(C2)N1C(=O)CCc1ccn[nH]1. The fourth-order valence-electron chi connectivity index (χ4n) is 3.21. The van der Waals surface area contributed by atoms with Crippen molar-refractivity contribution >= 4 is 11.9 Å². The molecule has 1 saturated heterocycles. The molecule has 6 nitrogen and oxygen atoms in total. The molecular formula is C15H19N3O3. The van der Waals surface area contributed by atoms with Crippen molar-refractivity contribution in [1.29, 1.82) is 0 Å². The zero-order chi connectivity index (χ0) is 14.8. The van der Waals surface area contributed by atoms with Crippen LogP contribution in [0.15, 0.2) is 24.4 Å². The molecule has 1 N–H and O–H groups in total. The Morgan fingerprint density at radius 3 is 3.05 bits per heavy atom. The third kappa shape index (κ3) is 2.57. The summed E-state index contributed by atoms with van der Waals surface area (Å²) < 4.78 is 5.13. The maximum Gasteiger partial charge on any atom is 0.329 e. The molecule has 6 heteroatoms. The van der Waals surface area contributed by atoms with E-state index < -0.39 is 6.04 Å². The highest BCUT2D eigenvalue weighted by Gasteiger charge is 2.49. The number of amides is 1. The van der Waals surface area contributed by atoms with Gasteiger partial charge in [-0.15, -0.1) is 0 Å². The lowest BCUT2D eigenvalue weighted by Crippen LogP contribution is -2.48. The number of carbonyl (C=O) groups excluding carboxylic acids is 2. The molecule has 3 atom stereocenters. The van der Waals surface area contributed by atoms with Crippen LogP contribution in [-0.4, -0.2) is 45.7 Å². The molecule has 0 aromatic carbocycles. The molecule has 1 aliphatic heterocycles. The highest BCUT2D eigenvalue weighted by Crippen LogP contribution is 2.38. The van der Waals surface area contributed by atoms with Gasteiger partial charge in [0.15, 0.2) is 0 Å². The Kier molecular flexibility index (Phi) is 3.77. The summed E-state index contributed by atoms with van der Waals surface area (Å²) in [6, 6.07) is 1.44. The Balaban J connectivity index is 1.68. The van der Waals surface area contributed by atoms with Gasteiger partial charge < -0.3 is 9.64 Å². The van der Waals surface area contributed by atoms with Crippen LogP contribution in [0.3, 0.4) is 0 Å². The largest absolute Gasteiger partial charge is 0.464 e. The molecule has 1 fully saturated rings. The predicted molar refractivity (Wildman–Crippen MR) is 75.2 cm³/mol. The lowest BCUT2D eigenvalue weighted by molar-refractivity contribution is -0.155. The van der Waals surface area contributed by atoms with Crippen LogP contribution in [-0.2, 0) is 20.7 Å². The van der Waals surface area contributed by atoms with E-state index in [-0.39, 0.29) is 23.8 Å². The summed E-state index contributed by atoms with van der Waals surface area (Å²) in [6.07, 6.45) is 7.53. The van der Waals surface area contributed by atoms with E-state index in [1.165, 1.54) is 0 Å². The van der Waals surface area contributed by atoms with Crippen LogP contribution in [0.25, 0.3) is 0 Å². The number of hydrogen-bond acceptors (Lipinski definition) is 4. The molecule has 0 spiro atoms. The van der Waals surface area contributed by atoms with Gasteiger partial charge in [0, 0.05) is 24.2 Å². The molecule has 2 heterocycles. The number of aryl methyl sites for hydroxylation is 1. The summed E-state index contributed by atoms with van der Waals surface area (Å²) in [7, 11) is 0. The highest BCUT2D eigenvalue weighted by atomic mass is 16.5. The maximum atomic E-state index is 12.5. The lowest BCUT2D eigenvalue weighted by atomic mass is 10.0. The van der Waals surface area contributed by atoms with Gasteiger partial charge in [0.1, 0.15) is 6.04 Å². The number of nitrogens with one attached hydrogen (secondary N) is 1. The van der Waals surface area contributed by atoms with Crippen LogP contribution in [0.1, 0.15) is 25.5 Å². The van der Waals surface area contributed by atoms with Gasteiger partial charge in [-0.05, 0) is 25.8 Å². The van der Waals surface area contributed by atoms with Crippen LogP contribution < -0.4 is 0 Å². The van der Waals surface area contributed by atoms with Crippen LogP contribution in [0.4, 0.5) is 0 Å². The first-order chi connectivity index (χ1) is 10.2. The van der Waals surface area contributed by atoms with Gasteiger partial charge in [-0.25, -0.2) is 4.79 Å². The first-order valence-electron chi connectivity index (χ1n) is 7.35. The Hall–Kier alpha value is -2.11. The summed E-state index contributed by atoms with van der Waals surface area (Å²) in [6.45, 7) is 2.12. The number of fused-ring (bicyclic) bond motifs is 2. The third-order valence-corrected chi connectivity index (χ3v) is 4.14. The van der Waals surface area contributed by atoms with Gasteiger partial charge in [0.05, 0.1) is 12.6 Å². The minimum atomic E-state index is -0.450. The monoisotopic (exact) mass is 289 g/mol. The van der Waals surface area contributed by atoms with Gasteiger partial charge in [-0.1, -0.05) is 12.2 Å². The summed E-state index contributed by atoms with van der Waals surface area (Å²) >= 11 is 0. The Morgan fingerprint density at radius 2 is 2.33 bits per heavy atom. The second-order valence-electron chi connectivity index (χ2n) is 5.43. The molecule has 2 aliphatic rings. The predicted octanol–water partition coefficient (Wildman–Crippen LogP) is 1.06. The third-order valence-electron chi connectivity index (χ3n) is 4.14. The van der Waals surface area contributed by atoms with Gasteiger partial charge in [-0.2, -0.15) is 5.10 Å². The second-order valence-corrected chi connectivity index (χ2v) is 5.43. The van der Waals surface area contributed by atoms with Gasteiger partial charge in [-0.3, -0.25) is 9.89 Å². The summed E-state index contributed by atoms with van der Waals surface area (Å²) in [4.78, 5) is 26.3. The molecule has 3 unspecified atom stereocenters. The number of esters is 1. The number of rotatable bonds is 5. The van der Waals surface area contributed by atoms with E-state index >= 15 is 0 Å². The van der Waals surface area contributed by atoms with Gasteiger partial charge >= 0.3 is 5.97 Å². The molecule has 1 aromatic heterocycles. The number of aromatic amines is 1. The van der Waals surface area contributed by atoms with E-state index in [2.05, 4.69) is 10.2 Å². The normalized spacial score (nSPS) is 26.3. The lowest BCUT2D eigenvalue weighted by Gasteiger charge is -2.31. The van der Waals surface area contributed by atoms with Crippen molar-refractivity contribution in [3.63, 3.8) is 0 Å². The summed E-state index contributed by atoms with van der Waals surface area (Å²) in [5, 5.41) is 6.71. The average molecular weight is 289 g/mol. The Morgan fingerprint density at radius 1 is 1.48 bits per heavy atom.